The molecule has 0 fully saturated rings. The Balaban J connectivity index is 1.61. The molecule has 3 heterocycles. The number of halogens is 1. The van der Waals surface area contributed by atoms with Crippen molar-refractivity contribution in [3.63, 3.8) is 0 Å². The molecule has 0 saturated carbocycles. The maximum Gasteiger partial charge on any atom is 0.340 e. The average Bonchev–Trinajstić information content (AvgIpc) is 3.40. The van der Waals surface area contributed by atoms with E-state index in [0.717, 1.165) is 23.2 Å². The number of rotatable bonds is 6. The quantitative estimate of drug-likeness (QED) is 0.386. The number of hydrogen-bond acceptors (Lipinski definition) is 5. The lowest BCUT2D eigenvalue weighted by atomic mass is 10.0. The molecule has 2 aromatic carbocycles. The van der Waals surface area contributed by atoms with E-state index in [-0.39, 0.29) is 35.5 Å². The summed E-state index contributed by atoms with van der Waals surface area (Å²) in [5, 5.41) is 20.8. The topological polar surface area (TPSA) is 102 Å². The molecule has 178 valence electrons. The number of carbonyl (C=O) groups excluding carboxylic acids is 1. The first kappa shape index (κ1) is 22.6. The first-order chi connectivity index (χ1) is 16.9. The van der Waals surface area contributed by atoms with Gasteiger partial charge < -0.3 is 19.5 Å². The van der Waals surface area contributed by atoms with Crippen molar-refractivity contribution in [3.8, 4) is 5.88 Å². The number of aromatic hydroxyl groups is 1. The molecule has 0 radical (unpaired) electrons. The summed E-state index contributed by atoms with van der Waals surface area (Å²) in [4.78, 5) is 28.8. The third-order valence-corrected chi connectivity index (χ3v) is 6.42. The lowest BCUT2D eigenvalue weighted by molar-refractivity contribution is 0.0524. The fraction of sp³-hybridized carbons (Fsp3) is 0.222. The highest BCUT2D eigenvalue weighted by Gasteiger charge is 2.32. The summed E-state index contributed by atoms with van der Waals surface area (Å²) < 4.78 is 20.4. The molecule has 4 aromatic rings. The van der Waals surface area contributed by atoms with Crippen LogP contribution >= 0.6 is 0 Å². The summed E-state index contributed by atoms with van der Waals surface area (Å²) >= 11 is 0. The van der Waals surface area contributed by atoms with Crippen molar-refractivity contribution in [2.24, 2.45) is 0 Å². The van der Waals surface area contributed by atoms with Crippen LogP contribution in [0.4, 0.5) is 4.39 Å². The van der Waals surface area contributed by atoms with Crippen LogP contribution in [0.5, 0.6) is 5.88 Å². The largest absolute Gasteiger partial charge is 0.494 e. The third kappa shape index (κ3) is 4.01. The van der Waals surface area contributed by atoms with Crippen LogP contribution in [0.3, 0.4) is 0 Å². The van der Waals surface area contributed by atoms with Crippen molar-refractivity contribution in [3.05, 3.63) is 94.1 Å². The molecule has 35 heavy (non-hydrogen) atoms. The predicted molar refractivity (Wildman–Crippen MR) is 126 cm³/mol. The second kappa shape index (κ2) is 8.87. The van der Waals surface area contributed by atoms with Crippen LogP contribution in [-0.2, 0) is 17.6 Å². The van der Waals surface area contributed by atoms with Gasteiger partial charge in [-0.3, -0.25) is 0 Å². The minimum atomic E-state index is -0.998. The Kier molecular flexibility index (Phi) is 5.72. The monoisotopic (exact) mass is 474 g/mol. The summed E-state index contributed by atoms with van der Waals surface area (Å²) in [6, 6.07) is 14.1. The summed E-state index contributed by atoms with van der Waals surface area (Å²) in [6.07, 6.45) is 1.68. The van der Waals surface area contributed by atoms with E-state index in [4.69, 9.17) is 9.72 Å². The van der Waals surface area contributed by atoms with E-state index in [2.05, 4.69) is 0 Å². The Morgan fingerprint density at radius 1 is 1.14 bits per heavy atom. The number of carboxylic acids is 1. The number of carbonyl (C=O) groups is 2. The minimum Gasteiger partial charge on any atom is -0.494 e. The van der Waals surface area contributed by atoms with Gasteiger partial charge in [-0.2, -0.15) is 0 Å². The maximum atomic E-state index is 13.4. The number of hydrogen-bond donors (Lipinski definition) is 2. The smallest absolute Gasteiger partial charge is 0.340 e. The van der Waals surface area contributed by atoms with Crippen LogP contribution in [0, 0.1) is 5.82 Å². The number of aryl methyl sites for hydroxylation is 1. The van der Waals surface area contributed by atoms with Gasteiger partial charge >= 0.3 is 11.9 Å². The van der Waals surface area contributed by atoms with Gasteiger partial charge in [-0.25, -0.2) is 19.0 Å². The van der Waals surface area contributed by atoms with Gasteiger partial charge in [-0.05, 0) is 61.2 Å². The van der Waals surface area contributed by atoms with Gasteiger partial charge in [0.2, 0.25) is 5.88 Å². The number of nitrogens with zero attached hydrogens (tertiary/aromatic N) is 2. The second-order valence-corrected chi connectivity index (χ2v) is 8.52. The van der Waals surface area contributed by atoms with E-state index >= 15 is 0 Å². The fourth-order valence-corrected chi connectivity index (χ4v) is 4.77. The molecule has 0 bridgehead atoms. The van der Waals surface area contributed by atoms with Gasteiger partial charge in [-0.1, -0.05) is 24.3 Å². The van der Waals surface area contributed by atoms with Crippen LogP contribution < -0.4 is 0 Å². The predicted octanol–water partition coefficient (Wildman–Crippen LogP) is 4.88. The number of esters is 1. The average molecular weight is 474 g/mol. The van der Waals surface area contributed by atoms with E-state index in [9.17, 15) is 24.2 Å². The molecule has 2 N–H and O–H groups in total. The van der Waals surface area contributed by atoms with Crippen molar-refractivity contribution < 1.29 is 28.9 Å². The zero-order valence-corrected chi connectivity index (χ0v) is 19.0. The van der Waals surface area contributed by atoms with Crippen LogP contribution in [0.25, 0.3) is 10.9 Å². The summed E-state index contributed by atoms with van der Waals surface area (Å²) in [5.41, 5.74) is 4.07. The Morgan fingerprint density at radius 2 is 1.86 bits per heavy atom. The lowest BCUT2D eigenvalue weighted by Crippen LogP contribution is -2.10. The van der Waals surface area contributed by atoms with Gasteiger partial charge in [0.1, 0.15) is 5.82 Å². The highest BCUT2D eigenvalue weighted by atomic mass is 19.1. The molecule has 2 aromatic heterocycles. The molecule has 0 spiro atoms. The van der Waals surface area contributed by atoms with Crippen molar-refractivity contribution in [1.82, 2.24) is 9.55 Å². The molecule has 5 rings (SSSR count). The zero-order valence-electron chi connectivity index (χ0n) is 19.0. The lowest BCUT2D eigenvalue weighted by Gasteiger charge is -2.15. The van der Waals surface area contributed by atoms with Crippen LogP contribution in [-0.4, -0.2) is 38.3 Å². The van der Waals surface area contributed by atoms with Crippen molar-refractivity contribution in [2.75, 3.05) is 6.61 Å². The molecule has 1 atom stereocenters. The number of benzene rings is 2. The summed E-state index contributed by atoms with van der Waals surface area (Å²) in [7, 11) is 0. The highest BCUT2D eigenvalue weighted by molar-refractivity contribution is 5.98. The van der Waals surface area contributed by atoms with E-state index < -0.39 is 11.9 Å². The number of aromatic nitrogens is 2. The van der Waals surface area contributed by atoms with Gasteiger partial charge in [-0.15, -0.1) is 0 Å². The number of aromatic carboxylic acids is 1. The minimum absolute atomic E-state index is 0.00573. The molecule has 0 amide bonds. The van der Waals surface area contributed by atoms with Gasteiger partial charge in [0, 0.05) is 12.1 Å². The number of fused-ring (bicyclic) bond motifs is 3. The first-order valence-electron chi connectivity index (χ1n) is 11.4. The zero-order chi connectivity index (χ0) is 24.7. The molecule has 1 aliphatic rings. The molecule has 0 saturated heterocycles. The van der Waals surface area contributed by atoms with Gasteiger partial charge in [0.05, 0.1) is 40.4 Å². The maximum absolute atomic E-state index is 13.4. The fourth-order valence-electron chi connectivity index (χ4n) is 4.77. The van der Waals surface area contributed by atoms with Crippen LogP contribution in [0.2, 0.25) is 0 Å². The number of pyridine rings is 1. The third-order valence-electron chi connectivity index (χ3n) is 6.42. The van der Waals surface area contributed by atoms with Crippen molar-refractivity contribution in [1.29, 1.82) is 0 Å². The van der Waals surface area contributed by atoms with E-state index in [0.29, 0.717) is 29.4 Å². The molecule has 1 aliphatic heterocycles. The summed E-state index contributed by atoms with van der Waals surface area (Å²) in [6.45, 7) is 1.91. The normalized spacial score (nSPS) is 14.7. The van der Waals surface area contributed by atoms with Gasteiger partial charge in [0.25, 0.3) is 0 Å². The highest BCUT2D eigenvalue weighted by Crippen LogP contribution is 2.43. The Labute approximate surface area is 200 Å². The van der Waals surface area contributed by atoms with Crippen LogP contribution in [0.1, 0.15) is 62.6 Å². The van der Waals surface area contributed by atoms with Crippen molar-refractivity contribution in [2.45, 2.75) is 32.2 Å². The molecule has 1 unspecified atom stereocenters. The van der Waals surface area contributed by atoms with Crippen molar-refractivity contribution >= 4 is 22.8 Å². The van der Waals surface area contributed by atoms with Crippen LogP contribution in [0.15, 0.2) is 54.6 Å². The molecular formula is C27H23FN2O5. The molecule has 7 nitrogen and oxygen atoms in total. The number of ether oxygens (including phenoxy) is 1. The van der Waals surface area contributed by atoms with E-state index in [1.807, 2.05) is 4.57 Å². The van der Waals surface area contributed by atoms with Gasteiger partial charge in [0.15, 0.2) is 0 Å². The standard InChI is InChI=1S/C27H23FN2O5/c1-2-35-27(34)19-14-20-24(29-21(19)13-15-3-9-18(28)10-4-15)23-12-11-22(30(23)25(20)31)16-5-7-17(8-6-16)26(32)33/h3-10,14,22,31H,2,11-13H2,1H3,(H,32,33). The number of carboxylic acid groups (broad SMARTS) is 1. The Bertz CT molecular complexity index is 1440. The Morgan fingerprint density at radius 3 is 2.51 bits per heavy atom. The SMILES string of the molecule is CCOC(=O)c1cc2c(O)n3c(c2nc1Cc1ccc(F)cc1)CCC3c1ccc(C(=O)O)cc1. The second-order valence-electron chi connectivity index (χ2n) is 8.52. The molecular weight excluding hydrogens is 451 g/mol. The first-order valence-corrected chi connectivity index (χ1v) is 11.4. The molecule has 8 heteroatoms. The molecule has 0 aliphatic carbocycles. The summed E-state index contributed by atoms with van der Waals surface area (Å²) in [5.74, 6) is -1.88. The van der Waals surface area contributed by atoms with E-state index in [1.54, 1.807) is 49.4 Å². The Hall–Kier alpha value is -4.20. The van der Waals surface area contributed by atoms with E-state index in [1.165, 1.54) is 12.1 Å².